The molecule has 0 aliphatic heterocycles. The van der Waals surface area contributed by atoms with Gasteiger partial charge in [0.15, 0.2) is 0 Å². The van der Waals surface area contributed by atoms with E-state index in [2.05, 4.69) is 16.3 Å². The molecule has 11 heteroatoms. The number of halogens is 2. The molecular weight excluding hydrogens is 681 g/mol. The maximum Gasteiger partial charge on any atom is 0.337 e. The number of hydrogen-bond donors (Lipinski definition) is 1. The lowest BCUT2D eigenvalue weighted by Crippen LogP contribution is -2.39. The Kier molecular flexibility index (Phi) is 13.0. The van der Waals surface area contributed by atoms with Crippen LogP contribution in [0.2, 0.25) is 0 Å². The second kappa shape index (κ2) is 17.2. The van der Waals surface area contributed by atoms with Gasteiger partial charge in [-0.2, -0.15) is 0 Å². The van der Waals surface area contributed by atoms with Gasteiger partial charge in [0.2, 0.25) is 0 Å². The highest BCUT2D eigenvalue weighted by Gasteiger charge is 2.26. The van der Waals surface area contributed by atoms with Crippen LogP contribution < -0.4 is 16.6 Å². The molecule has 0 aliphatic carbocycles. The number of rotatable bonds is 9. The molecule has 272 valence electrons. The second-order valence-electron chi connectivity index (χ2n) is 12.1. The van der Waals surface area contributed by atoms with Crippen molar-refractivity contribution in [1.82, 2.24) is 18.9 Å². The summed E-state index contributed by atoms with van der Waals surface area (Å²) in [6, 6.07) is 27.1. The third-order valence-corrected chi connectivity index (χ3v) is 9.70. The quantitative estimate of drug-likeness (QED) is 0.162. The second-order valence-corrected chi connectivity index (χ2v) is 13.1. The summed E-state index contributed by atoms with van der Waals surface area (Å²) in [6.45, 7) is 6.55. The topological polar surface area (TPSA) is 79.6 Å². The molecule has 52 heavy (non-hydrogen) atoms. The number of carbonyl (C=O) groups is 1. The first-order valence-electron chi connectivity index (χ1n) is 16.6. The Balaban J connectivity index is 0.00000198. The zero-order valence-electron chi connectivity index (χ0n) is 29.5. The van der Waals surface area contributed by atoms with E-state index in [0.29, 0.717) is 40.2 Å². The Morgan fingerprint density at radius 2 is 1.40 bits per heavy atom. The number of carbonyl (C=O) groups excluding carboxylic acids is 1. The number of anilines is 1. The van der Waals surface area contributed by atoms with E-state index < -0.39 is 29.4 Å². The summed E-state index contributed by atoms with van der Waals surface area (Å²) >= 11 is 1.23. The van der Waals surface area contributed by atoms with Crippen LogP contribution >= 0.6 is 11.3 Å². The minimum absolute atomic E-state index is 0. The zero-order chi connectivity index (χ0) is 36.8. The van der Waals surface area contributed by atoms with E-state index >= 15 is 8.78 Å². The van der Waals surface area contributed by atoms with Crippen LogP contribution in [0.15, 0.2) is 107 Å². The van der Waals surface area contributed by atoms with Crippen LogP contribution in [0, 0.1) is 18.6 Å². The Bertz CT molecular complexity index is 2260. The van der Waals surface area contributed by atoms with E-state index in [-0.39, 0.29) is 19.0 Å². The van der Waals surface area contributed by atoms with Crippen molar-refractivity contribution < 1.29 is 13.6 Å². The molecule has 0 spiro atoms. The summed E-state index contributed by atoms with van der Waals surface area (Å²) < 4.78 is 32.5. The van der Waals surface area contributed by atoms with Gasteiger partial charge in [-0.25, -0.2) is 22.9 Å². The molecule has 0 bridgehead atoms. The number of benzene rings is 4. The first-order chi connectivity index (χ1) is 24.5. The van der Waals surface area contributed by atoms with Crippen LogP contribution in [0.5, 0.6) is 0 Å². The maximum atomic E-state index is 15.0. The van der Waals surface area contributed by atoms with Crippen LogP contribution in [-0.2, 0) is 19.6 Å². The number of amides is 2. The summed E-state index contributed by atoms with van der Waals surface area (Å²) in [6.07, 6.45) is 0. The number of nitrogens with zero attached hydrogens (tertiary/aromatic N) is 4. The number of para-hydroxylation sites is 1. The molecule has 0 unspecified atom stereocenters. The highest BCUT2D eigenvalue weighted by Crippen LogP contribution is 2.39. The summed E-state index contributed by atoms with van der Waals surface area (Å²) in [5.74, 6) is -1.58. The van der Waals surface area contributed by atoms with E-state index in [4.69, 9.17) is 0 Å². The van der Waals surface area contributed by atoms with E-state index in [1.807, 2.05) is 58.2 Å². The smallest absolute Gasteiger partial charge is 0.331 e. The predicted octanol–water partition coefficient (Wildman–Crippen LogP) is 8.90. The lowest BCUT2D eigenvalue weighted by molar-refractivity contribution is 0.230. The van der Waals surface area contributed by atoms with Crippen molar-refractivity contribution >= 4 is 33.3 Å². The van der Waals surface area contributed by atoms with Crippen LogP contribution in [-0.4, -0.2) is 46.1 Å². The molecule has 2 heterocycles. The van der Waals surface area contributed by atoms with Crippen molar-refractivity contribution in [3.05, 3.63) is 152 Å². The molecule has 1 N–H and O–H groups in total. The molecule has 4 aromatic carbocycles. The number of fused-ring (bicyclic) bond motifs is 1. The predicted molar refractivity (Wildman–Crippen MR) is 210 cm³/mol. The Morgan fingerprint density at radius 3 is 2.02 bits per heavy atom. The standard InChI is InChI=1S/C38H35F2N5O3S.C2H6.CH4/c1-24-11-8-9-12-26(24)21-43(4)22-30-33-35(46)45(28-13-6-5-7-14-28)38(48)44(23-29-31(39)15-10-16-32(29)40)36(33)49-34(30)25-17-19-27(20-18-25)41-37(47)42(2)3;1-2;/h5-20H,21-23H2,1-4H3,(H,41,47);1-2H3;1H4. The third-order valence-electron chi connectivity index (χ3n) is 8.40. The molecule has 0 radical (unpaired) electrons. The molecule has 2 amide bonds. The lowest BCUT2D eigenvalue weighted by Gasteiger charge is -2.19. The third kappa shape index (κ3) is 8.22. The molecule has 0 fully saturated rings. The van der Waals surface area contributed by atoms with E-state index in [1.165, 1.54) is 26.9 Å². The van der Waals surface area contributed by atoms with Crippen molar-refractivity contribution in [2.75, 3.05) is 26.5 Å². The Labute approximate surface area is 307 Å². The number of thiophene rings is 1. The Morgan fingerprint density at radius 1 is 0.788 bits per heavy atom. The van der Waals surface area contributed by atoms with Crippen molar-refractivity contribution in [3.8, 4) is 16.1 Å². The van der Waals surface area contributed by atoms with Crippen LogP contribution in [0.25, 0.3) is 26.3 Å². The molecule has 0 saturated heterocycles. The molecule has 0 aliphatic rings. The minimum Gasteiger partial charge on any atom is -0.331 e. The number of aryl methyl sites for hydroxylation is 1. The van der Waals surface area contributed by atoms with Gasteiger partial charge in [0, 0.05) is 43.3 Å². The van der Waals surface area contributed by atoms with Gasteiger partial charge in [-0.15, -0.1) is 11.3 Å². The van der Waals surface area contributed by atoms with E-state index in [0.717, 1.165) is 38.3 Å². The fourth-order valence-corrected chi connectivity index (χ4v) is 7.09. The van der Waals surface area contributed by atoms with Gasteiger partial charge in [-0.3, -0.25) is 14.3 Å². The lowest BCUT2D eigenvalue weighted by atomic mass is 10.0. The number of aromatic nitrogens is 2. The largest absolute Gasteiger partial charge is 0.337 e. The van der Waals surface area contributed by atoms with Crippen molar-refractivity contribution in [2.45, 2.75) is 47.8 Å². The molecular formula is C41H45F2N5O3S. The van der Waals surface area contributed by atoms with Crippen molar-refractivity contribution in [2.24, 2.45) is 0 Å². The normalized spacial score (nSPS) is 10.8. The van der Waals surface area contributed by atoms with Crippen LogP contribution in [0.1, 0.15) is 43.5 Å². The van der Waals surface area contributed by atoms with Crippen LogP contribution in [0.4, 0.5) is 19.3 Å². The van der Waals surface area contributed by atoms with Gasteiger partial charge in [0.1, 0.15) is 16.5 Å². The van der Waals surface area contributed by atoms with Gasteiger partial charge >= 0.3 is 11.7 Å². The van der Waals surface area contributed by atoms with Crippen molar-refractivity contribution in [1.29, 1.82) is 0 Å². The van der Waals surface area contributed by atoms with Gasteiger partial charge in [-0.05, 0) is 72.6 Å². The van der Waals surface area contributed by atoms with Gasteiger partial charge in [-0.1, -0.05) is 81.9 Å². The average molecular weight is 726 g/mol. The monoisotopic (exact) mass is 725 g/mol. The Hall–Kier alpha value is -5.39. The highest BCUT2D eigenvalue weighted by molar-refractivity contribution is 7.22. The fraction of sp³-hybridized carbons (Fsp3) is 0.244. The average Bonchev–Trinajstić information content (AvgIpc) is 3.49. The first kappa shape index (κ1) is 39.4. The summed E-state index contributed by atoms with van der Waals surface area (Å²) in [7, 11) is 5.26. The van der Waals surface area contributed by atoms with E-state index in [1.54, 1.807) is 56.6 Å². The van der Waals surface area contributed by atoms with E-state index in [9.17, 15) is 14.4 Å². The summed E-state index contributed by atoms with van der Waals surface area (Å²) in [5, 5.41) is 3.12. The molecule has 0 saturated carbocycles. The summed E-state index contributed by atoms with van der Waals surface area (Å²) in [4.78, 5) is 45.6. The SMILES string of the molecule is C.CC.Cc1ccccc1CN(C)Cc1c(-c2ccc(NC(=O)N(C)C)cc2)sc2c1c(=O)n(-c1ccccc1)c(=O)n2Cc1c(F)cccc1F. The van der Waals surface area contributed by atoms with Gasteiger partial charge in [0.05, 0.1) is 17.6 Å². The number of nitrogens with one attached hydrogen (secondary N) is 1. The van der Waals surface area contributed by atoms with Gasteiger partial charge < -0.3 is 10.2 Å². The van der Waals surface area contributed by atoms with Crippen molar-refractivity contribution in [3.63, 3.8) is 0 Å². The minimum atomic E-state index is -0.789. The fourth-order valence-electron chi connectivity index (χ4n) is 5.78. The molecule has 0 atom stereocenters. The zero-order valence-corrected chi connectivity index (χ0v) is 30.4. The van der Waals surface area contributed by atoms with Crippen LogP contribution in [0.3, 0.4) is 0 Å². The number of urea groups is 1. The maximum absolute atomic E-state index is 15.0. The molecule has 6 rings (SSSR count). The summed E-state index contributed by atoms with van der Waals surface area (Å²) in [5.41, 5.74) is 3.11. The first-order valence-corrected chi connectivity index (χ1v) is 17.5. The molecule has 2 aromatic heterocycles. The highest BCUT2D eigenvalue weighted by atomic mass is 32.1. The molecule has 6 aromatic rings. The number of hydrogen-bond acceptors (Lipinski definition) is 5. The molecule has 8 nitrogen and oxygen atoms in total. The van der Waals surface area contributed by atoms with Gasteiger partial charge in [0.25, 0.3) is 5.56 Å².